The number of nitrogens with one attached hydrogen (secondary N) is 3. The molecule has 0 aliphatic rings. The third kappa shape index (κ3) is 5.27. The lowest BCUT2D eigenvalue weighted by Crippen LogP contribution is -2.18. The summed E-state index contributed by atoms with van der Waals surface area (Å²) in [5.41, 5.74) is 2.17. The molecule has 0 aliphatic carbocycles. The molecular formula is C22H23N3O5S2. The highest BCUT2D eigenvalue weighted by molar-refractivity contribution is 7.93. The van der Waals surface area contributed by atoms with Crippen LogP contribution in [0, 0.1) is 13.8 Å². The Hall–Kier alpha value is -3.37. The normalized spacial score (nSPS) is 11.6. The van der Waals surface area contributed by atoms with Crippen LogP contribution < -0.4 is 14.8 Å². The van der Waals surface area contributed by atoms with E-state index in [9.17, 15) is 21.6 Å². The molecule has 10 heteroatoms. The number of hydrogen-bond acceptors (Lipinski definition) is 5. The van der Waals surface area contributed by atoms with Gasteiger partial charge < -0.3 is 5.32 Å². The van der Waals surface area contributed by atoms with Gasteiger partial charge in [0.05, 0.1) is 15.5 Å². The number of benzene rings is 3. The van der Waals surface area contributed by atoms with Crippen LogP contribution in [-0.2, 0) is 20.0 Å². The number of sulfonamides is 2. The SMILES string of the molecule is CNC(=O)c1ccc(S(=O)(=O)Nc2ccc(C)c(S(=O)(=O)Nc3cccc(C)c3)c2)cc1. The topological polar surface area (TPSA) is 121 Å². The van der Waals surface area contributed by atoms with Crippen molar-refractivity contribution in [1.29, 1.82) is 0 Å². The van der Waals surface area contributed by atoms with E-state index in [1.165, 1.54) is 49.5 Å². The van der Waals surface area contributed by atoms with Crippen LogP contribution in [0.1, 0.15) is 21.5 Å². The highest BCUT2D eigenvalue weighted by atomic mass is 32.2. The monoisotopic (exact) mass is 473 g/mol. The van der Waals surface area contributed by atoms with E-state index in [4.69, 9.17) is 0 Å². The molecule has 1 amide bonds. The summed E-state index contributed by atoms with van der Waals surface area (Å²) in [6, 6.07) is 16.6. The van der Waals surface area contributed by atoms with Crippen molar-refractivity contribution in [3.63, 3.8) is 0 Å². The Labute approximate surface area is 187 Å². The number of anilines is 2. The second-order valence-corrected chi connectivity index (χ2v) is 10.5. The molecule has 0 unspecified atom stereocenters. The van der Waals surface area contributed by atoms with Crippen LogP contribution >= 0.6 is 0 Å². The Kier molecular flexibility index (Phi) is 6.56. The molecule has 0 heterocycles. The molecule has 168 valence electrons. The third-order valence-corrected chi connectivity index (χ3v) is 7.57. The summed E-state index contributed by atoms with van der Waals surface area (Å²) in [4.78, 5) is 11.5. The number of rotatable bonds is 7. The van der Waals surface area contributed by atoms with Gasteiger partial charge in [-0.1, -0.05) is 18.2 Å². The Morgan fingerprint density at radius 3 is 2.00 bits per heavy atom. The first-order chi connectivity index (χ1) is 15.0. The molecule has 0 aromatic heterocycles. The molecule has 3 rings (SSSR count). The first kappa shape index (κ1) is 23.3. The van der Waals surface area contributed by atoms with Gasteiger partial charge in [0.15, 0.2) is 0 Å². The summed E-state index contributed by atoms with van der Waals surface area (Å²) >= 11 is 0. The Balaban J connectivity index is 1.88. The van der Waals surface area contributed by atoms with Crippen molar-refractivity contribution in [1.82, 2.24) is 5.32 Å². The van der Waals surface area contributed by atoms with E-state index in [0.29, 0.717) is 16.8 Å². The molecular weight excluding hydrogens is 450 g/mol. The van der Waals surface area contributed by atoms with E-state index in [-0.39, 0.29) is 21.4 Å². The second kappa shape index (κ2) is 9.01. The Bertz CT molecular complexity index is 1370. The molecule has 0 radical (unpaired) electrons. The zero-order valence-electron chi connectivity index (χ0n) is 17.7. The lowest BCUT2D eigenvalue weighted by molar-refractivity contribution is 0.0963. The van der Waals surface area contributed by atoms with Gasteiger partial charge in [0.25, 0.3) is 26.0 Å². The van der Waals surface area contributed by atoms with Crippen LogP contribution in [0.2, 0.25) is 0 Å². The number of amides is 1. The zero-order valence-corrected chi connectivity index (χ0v) is 19.3. The van der Waals surface area contributed by atoms with Crippen molar-refractivity contribution in [3.8, 4) is 0 Å². The summed E-state index contributed by atoms with van der Waals surface area (Å²) < 4.78 is 56.3. The van der Waals surface area contributed by atoms with Gasteiger partial charge in [-0.2, -0.15) is 0 Å². The predicted molar refractivity (Wildman–Crippen MR) is 124 cm³/mol. The fourth-order valence-electron chi connectivity index (χ4n) is 3.02. The van der Waals surface area contributed by atoms with E-state index in [0.717, 1.165) is 5.56 Å². The molecule has 0 saturated heterocycles. The van der Waals surface area contributed by atoms with Crippen molar-refractivity contribution in [2.75, 3.05) is 16.5 Å². The minimum atomic E-state index is -4.00. The summed E-state index contributed by atoms with van der Waals surface area (Å²) in [7, 11) is -6.47. The van der Waals surface area contributed by atoms with Crippen LogP contribution in [0.5, 0.6) is 0 Å². The maximum atomic E-state index is 12.9. The first-order valence-corrected chi connectivity index (χ1v) is 12.5. The maximum Gasteiger partial charge on any atom is 0.262 e. The number of carbonyl (C=O) groups is 1. The van der Waals surface area contributed by atoms with E-state index >= 15 is 0 Å². The second-order valence-electron chi connectivity index (χ2n) is 7.16. The van der Waals surface area contributed by atoms with Crippen molar-refractivity contribution in [2.24, 2.45) is 0 Å². The van der Waals surface area contributed by atoms with Crippen LogP contribution in [0.15, 0.2) is 76.5 Å². The Morgan fingerprint density at radius 2 is 1.38 bits per heavy atom. The standard InChI is InChI=1S/C22H23N3O5S2/c1-15-5-4-6-18(13-15)25-32(29,30)21-14-19(10-7-16(21)2)24-31(27,28)20-11-8-17(9-12-20)22(26)23-3/h4-14,24-25H,1-3H3,(H,23,26). The summed E-state index contributed by atoms with van der Waals surface area (Å²) in [5, 5.41) is 2.46. The maximum absolute atomic E-state index is 12.9. The molecule has 3 aromatic carbocycles. The lowest BCUT2D eigenvalue weighted by atomic mass is 10.2. The third-order valence-electron chi connectivity index (χ3n) is 4.65. The van der Waals surface area contributed by atoms with Gasteiger partial charge in [0, 0.05) is 18.3 Å². The number of hydrogen-bond donors (Lipinski definition) is 3. The molecule has 0 fully saturated rings. The summed E-state index contributed by atoms with van der Waals surface area (Å²) in [5.74, 6) is -0.337. The minimum Gasteiger partial charge on any atom is -0.355 e. The van der Waals surface area contributed by atoms with Crippen LogP contribution in [0.25, 0.3) is 0 Å². The molecule has 0 atom stereocenters. The molecule has 0 aliphatic heterocycles. The predicted octanol–water partition coefficient (Wildman–Crippen LogP) is 3.26. The van der Waals surface area contributed by atoms with Crippen molar-refractivity contribution in [3.05, 3.63) is 83.4 Å². The Morgan fingerprint density at radius 1 is 0.750 bits per heavy atom. The average molecular weight is 474 g/mol. The molecule has 8 nitrogen and oxygen atoms in total. The molecule has 0 saturated carbocycles. The zero-order chi connectivity index (χ0) is 23.5. The van der Waals surface area contributed by atoms with Gasteiger partial charge in [-0.05, 0) is 73.5 Å². The van der Waals surface area contributed by atoms with Crippen LogP contribution in [0.3, 0.4) is 0 Å². The molecule has 3 aromatic rings. The highest BCUT2D eigenvalue weighted by Gasteiger charge is 2.20. The smallest absolute Gasteiger partial charge is 0.262 e. The van der Waals surface area contributed by atoms with E-state index in [1.54, 1.807) is 25.1 Å². The fraction of sp³-hybridized carbons (Fsp3) is 0.136. The first-order valence-electron chi connectivity index (χ1n) is 9.57. The summed E-state index contributed by atoms with van der Waals surface area (Å²) in [6.07, 6.45) is 0. The van der Waals surface area contributed by atoms with E-state index in [2.05, 4.69) is 14.8 Å². The van der Waals surface area contributed by atoms with Crippen molar-refractivity contribution < 1.29 is 21.6 Å². The van der Waals surface area contributed by atoms with Gasteiger partial charge in [-0.25, -0.2) is 16.8 Å². The van der Waals surface area contributed by atoms with Gasteiger partial charge in [-0.3, -0.25) is 14.2 Å². The number of aryl methyl sites for hydroxylation is 2. The minimum absolute atomic E-state index is 0.0471. The largest absolute Gasteiger partial charge is 0.355 e. The molecule has 0 spiro atoms. The van der Waals surface area contributed by atoms with Gasteiger partial charge in [-0.15, -0.1) is 0 Å². The molecule has 3 N–H and O–H groups in total. The molecule has 32 heavy (non-hydrogen) atoms. The fourth-order valence-corrected chi connectivity index (χ4v) is 5.39. The van der Waals surface area contributed by atoms with E-state index in [1.807, 2.05) is 13.0 Å². The van der Waals surface area contributed by atoms with Crippen LogP contribution in [-0.4, -0.2) is 29.8 Å². The van der Waals surface area contributed by atoms with Crippen molar-refractivity contribution >= 4 is 37.3 Å². The molecule has 0 bridgehead atoms. The van der Waals surface area contributed by atoms with E-state index < -0.39 is 20.0 Å². The average Bonchev–Trinajstić information content (AvgIpc) is 2.74. The quantitative estimate of drug-likeness (QED) is 0.486. The van der Waals surface area contributed by atoms with Gasteiger partial charge in [0.1, 0.15) is 0 Å². The lowest BCUT2D eigenvalue weighted by Gasteiger charge is -2.14. The number of carbonyl (C=O) groups excluding carboxylic acids is 1. The van der Waals surface area contributed by atoms with Crippen molar-refractivity contribution in [2.45, 2.75) is 23.6 Å². The van der Waals surface area contributed by atoms with Gasteiger partial charge in [0.2, 0.25) is 0 Å². The van der Waals surface area contributed by atoms with Gasteiger partial charge >= 0.3 is 0 Å². The van der Waals surface area contributed by atoms with Crippen LogP contribution in [0.4, 0.5) is 11.4 Å². The highest BCUT2D eigenvalue weighted by Crippen LogP contribution is 2.25. The summed E-state index contributed by atoms with van der Waals surface area (Å²) in [6.45, 7) is 3.47.